The van der Waals surface area contributed by atoms with Crippen molar-refractivity contribution < 1.29 is 19.7 Å². The molecule has 0 heterocycles. The molecule has 0 bridgehead atoms. The molecule has 0 atom stereocenters. The van der Waals surface area contributed by atoms with Crippen molar-refractivity contribution in [2.75, 3.05) is 13.2 Å². The summed E-state index contributed by atoms with van der Waals surface area (Å²) in [5.41, 5.74) is -0.362. The Morgan fingerprint density at radius 2 is 1.75 bits per heavy atom. The van der Waals surface area contributed by atoms with E-state index in [1.807, 2.05) is 6.92 Å². The summed E-state index contributed by atoms with van der Waals surface area (Å²) in [6.45, 7) is 1.34. The van der Waals surface area contributed by atoms with E-state index < -0.39 is 27.0 Å². The number of rotatable bonds is 8. The van der Waals surface area contributed by atoms with Crippen LogP contribution in [0.15, 0.2) is 12.1 Å². The van der Waals surface area contributed by atoms with Crippen LogP contribution in [-0.4, -0.2) is 28.2 Å². The third-order valence-corrected chi connectivity index (χ3v) is 2.66. The number of nitro groups is 2. The lowest BCUT2D eigenvalue weighted by Gasteiger charge is -2.08. The van der Waals surface area contributed by atoms with Crippen LogP contribution in [0, 0.1) is 20.2 Å². The second kappa shape index (κ2) is 7.39. The highest BCUT2D eigenvalue weighted by Crippen LogP contribution is 2.38. The van der Waals surface area contributed by atoms with Crippen molar-refractivity contribution in [3.05, 3.63) is 37.9 Å². The minimum absolute atomic E-state index is 0.240. The zero-order chi connectivity index (χ0) is 15.1. The van der Waals surface area contributed by atoms with Crippen molar-refractivity contribution in [3.63, 3.8) is 0 Å². The molecule has 20 heavy (non-hydrogen) atoms. The van der Waals surface area contributed by atoms with Crippen LogP contribution < -0.4 is 4.74 Å². The Balaban J connectivity index is 3.30. The maximum atomic E-state index is 11.0. The SMILES string of the molecule is CCCCc1cc([N+](=O)[O-])c(OCCO)c([N+](=O)[O-])c1. The summed E-state index contributed by atoms with van der Waals surface area (Å²) in [6, 6.07) is 2.57. The summed E-state index contributed by atoms with van der Waals surface area (Å²) in [5.74, 6) is -0.408. The minimum Gasteiger partial charge on any atom is -0.480 e. The highest BCUT2D eigenvalue weighted by Gasteiger charge is 2.28. The third kappa shape index (κ3) is 3.89. The van der Waals surface area contributed by atoms with Crippen LogP contribution in [0.5, 0.6) is 5.75 Å². The number of aliphatic hydroxyl groups excluding tert-OH is 1. The molecule has 0 fully saturated rings. The molecule has 1 N–H and O–H groups in total. The van der Waals surface area contributed by atoms with Crippen molar-refractivity contribution in [2.24, 2.45) is 0 Å². The molecule has 1 rings (SSSR count). The first-order chi connectivity index (χ1) is 9.51. The Bertz CT molecular complexity index is 468. The number of aliphatic hydroxyl groups is 1. The first kappa shape index (κ1) is 15.8. The topological polar surface area (TPSA) is 116 Å². The number of unbranched alkanes of at least 4 members (excludes halogenated alkanes) is 1. The number of benzene rings is 1. The van der Waals surface area contributed by atoms with Gasteiger partial charge in [-0.05, 0) is 18.4 Å². The quantitative estimate of drug-likeness (QED) is 0.578. The van der Waals surface area contributed by atoms with E-state index in [1.165, 1.54) is 12.1 Å². The second-order valence-electron chi connectivity index (χ2n) is 4.15. The monoisotopic (exact) mass is 284 g/mol. The molecule has 1 aromatic carbocycles. The van der Waals surface area contributed by atoms with E-state index in [9.17, 15) is 20.2 Å². The van der Waals surface area contributed by atoms with Crippen molar-refractivity contribution in [3.8, 4) is 5.75 Å². The van der Waals surface area contributed by atoms with Crippen LogP contribution in [-0.2, 0) is 6.42 Å². The summed E-state index contributed by atoms with van der Waals surface area (Å²) >= 11 is 0. The van der Waals surface area contributed by atoms with Gasteiger partial charge in [0.2, 0.25) is 0 Å². The van der Waals surface area contributed by atoms with Crippen molar-refractivity contribution in [1.29, 1.82) is 0 Å². The standard InChI is InChI=1S/C12H16N2O6/c1-2-3-4-9-7-10(13(16)17)12(20-6-5-15)11(8-9)14(18)19/h7-8,15H,2-6H2,1H3. The van der Waals surface area contributed by atoms with E-state index in [1.54, 1.807) is 0 Å². The van der Waals surface area contributed by atoms with Crippen LogP contribution in [0.4, 0.5) is 11.4 Å². The molecule has 0 aromatic heterocycles. The Morgan fingerprint density at radius 3 is 2.15 bits per heavy atom. The molecule has 110 valence electrons. The van der Waals surface area contributed by atoms with Gasteiger partial charge in [-0.1, -0.05) is 13.3 Å². The highest BCUT2D eigenvalue weighted by atomic mass is 16.6. The van der Waals surface area contributed by atoms with Gasteiger partial charge in [0.05, 0.1) is 16.5 Å². The maximum Gasteiger partial charge on any atom is 0.318 e. The lowest BCUT2D eigenvalue weighted by atomic mass is 10.1. The van der Waals surface area contributed by atoms with Crippen molar-refractivity contribution >= 4 is 11.4 Å². The summed E-state index contributed by atoms with van der Waals surface area (Å²) in [4.78, 5) is 20.6. The fourth-order valence-electron chi connectivity index (χ4n) is 1.75. The summed E-state index contributed by atoms with van der Waals surface area (Å²) in [6.07, 6.45) is 2.19. The average molecular weight is 284 g/mol. The van der Waals surface area contributed by atoms with Gasteiger partial charge >= 0.3 is 11.4 Å². The lowest BCUT2D eigenvalue weighted by molar-refractivity contribution is -0.396. The molecule has 0 aliphatic heterocycles. The molecule has 0 spiro atoms. The van der Waals surface area contributed by atoms with Gasteiger partial charge in [0, 0.05) is 12.1 Å². The molecule has 0 amide bonds. The fraction of sp³-hybridized carbons (Fsp3) is 0.500. The van der Waals surface area contributed by atoms with E-state index in [0.717, 1.165) is 12.8 Å². The molecular weight excluding hydrogens is 268 g/mol. The number of nitro benzene ring substituents is 2. The fourth-order valence-corrected chi connectivity index (χ4v) is 1.75. The van der Waals surface area contributed by atoms with Crippen molar-refractivity contribution in [2.45, 2.75) is 26.2 Å². The first-order valence-corrected chi connectivity index (χ1v) is 6.20. The summed E-state index contributed by atoms with van der Waals surface area (Å²) < 4.78 is 4.97. The molecule has 8 nitrogen and oxygen atoms in total. The van der Waals surface area contributed by atoms with E-state index in [-0.39, 0.29) is 13.2 Å². The number of hydrogen-bond donors (Lipinski definition) is 1. The number of aryl methyl sites for hydroxylation is 1. The van der Waals surface area contributed by atoms with E-state index in [2.05, 4.69) is 0 Å². The molecule has 8 heteroatoms. The predicted molar refractivity (Wildman–Crippen MR) is 70.9 cm³/mol. The Hall–Kier alpha value is -2.22. The Labute approximate surface area is 115 Å². The van der Waals surface area contributed by atoms with Crippen LogP contribution in [0.3, 0.4) is 0 Å². The van der Waals surface area contributed by atoms with Gasteiger partial charge in [0.25, 0.3) is 5.75 Å². The van der Waals surface area contributed by atoms with Gasteiger partial charge < -0.3 is 9.84 Å². The molecule has 1 aromatic rings. The van der Waals surface area contributed by atoms with Crippen LogP contribution in [0.25, 0.3) is 0 Å². The van der Waals surface area contributed by atoms with Crippen LogP contribution >= 0.6 is 0 Å². The molecule has 0 aliphatic rings. The number of hydrogen-bond acceptors (Lipinski definition) is 6. The lowest BCUT2D eigenvalue weighted by Crippen LogP contribution is -2.07. The average Bonchev–Trinajstić information content (AvgIpc) is 2.42. The molecule has 0 saturated carbocycles. The smallest absolute Gasteiger partial charge is 0.318 e. The zero-order valence-electron chi connectivity index (χ0n) is 11.1. The van der Waals surface area contributed by atoms with Gasteiger partial charge in [-0.3, -0.25) is 20.2 Å². The summed E-state index contributed by atoms with van der Waals surface area (Å²) in [5, 5.41) is 30.7. The molecule has 0 aliphatic carbocycles. The largest absolute Gasteiger partial charge is 0.480 e. The Morgan fingerprint density at radius 1 is 1.20 bits per heavy atom. The first-order valence-electron chi connectivity index (χ1n) is 6.20. The second-order valence-corrected chi connectivity index (χ2v) is 4.15. The van der Waals surface area contributed by atoms with Gasteiger partial charge in [-0.2, -0.15) is 0 Å². The predicted octanol–water partition coefficient (Wildman–Crippen LogP) is 2.22. The molecular formula is C12H16N2O6. The normalized spacial score (nSPS) is 10.3. The van der Waals surface area contributed by atoms with E-state index in [0.29, 0.717) is 12.0 Å². The van der Waals surface area contributed by atoms with Gasteiger partial charge in [0.1, 0.15) is 6.61 Å². The third-order valence-electron chi connectivity index (χ3n) is 2.66. The zero-order valence-corrected chi connectivity index (χ0v) is 11.1. The van der Waals surface area contributed by atoms with Crippen LogP contribution in [0.1, 0.15) is 25.3 Å². The van der Waals surface area contributed by atoms with Crippen LogP contribution in [0.2, 0.25) is 0 Å². The maximum absolute atomic E-state index is 11.0. The van der Waals surface area contributed by atoms with E-state index >= 15 is 0 Å². The molecule has 0 saturated heterocycles. The van der Waals surface area contributed by atoms with Gasteiger partial charge in [-0.15, -0.1) is 0 Å². The molecule has 0 unspecified atom stereocenters. The number of nitrogens with zero attached hydrogens (tertiary/aromatic N) is 2. The van der Waals surface area contributed by atoms with E-state index in [4.69, 9.17) is 9.84 Å². The highest BCUT2D eigenvalue weighted by molar-refractivity contribution is 5.62. The van der Waals surface area contributed by atoms with Gasteiger partial charge in [0.15, 0.2) is 0 Å². The minimum atomic E-state index is -0.713. The van der Waals surface area contributed by atoms with Gasteiger partial charge in [-0.25, -0.2) is 0 Å². The van der Waals surface area contributed by atoms with Crippen molar-refractivity contribution in [1.82, 2.24) is 0 Å². The number of ether oxygens (including phenoxy) is 1. The Kier molecular flexibility index (Phi) is 5.85. The molecule has 0 radical (unpaired) electrons. The summed E-state index contributed by atoms with van der Waals surface area (Å²) in [7, 11) is 0.